The molecule has 1 rings (SSSR count). The van der Waals surface area contributed by atoms with Crippen LogP contribution in [0.5, 0.6) is 0 Å². The van der Waals surface area contributed by atoms with Gasteiger partial charge in [0, 0.05) is 12.6 Å². The predicted octanol–water partition coefficient (Wildman–Crippen LogP) is 1.72. The van der Waals surface area contributed by atoms with Crippen molar-refractivity contribution in [1.29, 1.82) is 0 Å². The number of amides is 1. The van der Waals surface area contributed by atoms with Gasteiger partial charge in [-0.25, -0.2) is 8.78 Å². The minimum absolute atomic E-state index is 0.0938. The molecule has 0 saturated carbocycles. The van der Waals surface area contributed by atoms with Crippen LogP contribution in [-0.2, 0) is 4.79 Å². The number of carbonyl (C=O) groups excluding carboxylic acids is 1. The fourth-order valence-corrected chi connectivity index (χ4v) is 0.776. The molecule has 0 bridgehead atoms. The van der Waals surface area contributed by atoms with Crippen LogP contribution in [0.3, 0.4) is 0 Å². The van der Waals surface area contributed by atoms with Crippen LogP contribution in [0, 0.1) is 17.7 Å². The molecule has 0 unspecified atom stereocenters. The van der Waals surface area contributed by atoms with E-state index in [0.29, 0.717) is 0 Å². The van der Waals surface area contributed by atoms with Crippen molar-refractivity contribution in [2.24, 2.45) is 0 Å². The summed E-state index contributed by atoms with van der Waals surface area (Å²) in [5, 5.41) is 2.25. The third-order valence-corrected chi connectivity index (χ3v) is 1.12. The summed E-state index contributed by atoms with van der Waals surface area (Å²) in [6.07, 6.45) is 0. The molecule has 1 radical (unpaired) electrons. The van der Waals surface area contributed by atoms with E-state index in [0.717, 1.165) is 12.1 Å². The highest BCUT2D eigenvalue weighted by molar-refractivity contribution is 5.88. The Balaban J connectivity index is 2.93. The van der Waals surface area contributed by atoms with Gasteiger partial charge >= 0.3 is 0 Å². The zero-order valence-corrected chi connectivity index (χ0v) is 6.32. The Kier molecular flexibility index (Phi) is 2.38. The van der Waals surface area contributed by atoms with E-state index in [1.165, 1.54) is 6.92 Å². The second-order valence-corrected chi connectivity index (χ2v) is 2.25. The van der Waals surface area contributed by atoms with Gasteiger partial charge in [-0.1, -0.05) is 0 Å². The molecular weight excluding hydrogens is 164 g/mol. The molecule has 2 nitrogen and oxygen atoms in total. The Labute approximate surface area is 68.2 Å². The number of nitrogens with one attached hydrogen (secondary N) is 1. The van der Waals surface area contributed by atoms with E-state index in [2.05, 4.69) is 5.32 Å². The van der Waals surface area contributed by atoms with Crippen molar-refractivity contribution in [3.63, 3.8) is 0 Å². The molecule has 0 fully saturated rings. The summed E-state index contributed by atoms with van der Waals surface area (Å²) in [5.41, 5.74) is 0.0938. The first-order valence-corrected chi connectivity index (χ1v) is 3.24. The van der Waals surface area contributed by atoms with Crippen molar-refractivity contribution in [1.82, 2.24) is 0 Å². The number of benzene rings is 1. The first kappa shape index (κ1) is 8.64. The second-order valence-electron chi connectivity index (χ2n) is 2.25. The zero-order chi connectivity index (χ0) is 9.14. The molecule has 12 heavy (non-hydrogen) atoms. The van der Waals surface area contributed by atoms with Gasteiger partial charge in [0.15, 0.2) is 0 Å². The van der Waals surface area contributed by atoms with Crippen LogP contribution < -0.4 is 5.32 Å². The molecule has 0 heterocycles. The van der Waals surface area contributed by atoms with Crippen LogP contribution in [-0.4, -0.2) is 5.91 Å². The Morgan fingerprint density at radius 1 is 1.42 bits per heavy atom. The van der Waals surface area contributed by atoms with Gasteiger partial charge < -0.3 is 5.32 Å². The van der Waals surface area contributed by atoms with Gasteiger partial charge in [0.05, 0.1) is 6.07 Å². The van der Waals surface area contributed by atoms with E-state index in [-0.39, 0.29) is 11.6 Å². The van der Waals surface area contributed by atoms with Crippen molar-refractivity contribution < 1.29 is 13.6 Å². The topological polar surface area (TPSA) is 29.1 Å². The summed E-state index contributed by atoms with van der Waals surface area (Å²) in [6, 6.07) is 3.78. The van der Waals surface area contributed by atoms with Crippen molar-refractivity contribution in [2.75, 3.05) is 5.32 Å². The summed E-state index contributed by atoms with van der Waals surface area (Å²) in [6.45, 7) is 1.26. The molecule has 1 aromatic rings. The number of hydrogen-bond donors (Lipinski definition) is 1. The Morgan fingerprint density at radius 2 is 1.92 bits per heavy atom. The summed E-state index contributed by atoms with van der Waals surface area (Å²) in [7, 11) is 0. The van der Waals surface area contributed by atoms with Crippen LogP contribution in [0.1, 0.15) is 6.92 Å². The summed E-state index contributed by atoms with van der Waals surface area (Å²) in [5.74, 6) is -2.04. The average Bonchev–Trinajstić information content (AvgIpc) is 1.81. The van der Waals surface area contributed by atoms with Crippen LogP contribution in [0.4, 0.5) is 14.5 Å². The molecule has 0 atom stereocenters. The standard InChI is InChI=1S/C8H6F2NO/c1-5(12)11-8-3-6(9)2-7(10)4-8/h3-4H,1H3,(H,11,12). The molecule has 1 amide bonds. The fourth-order valence-electron chi connectivity index (χ4n) is 0.776. The van der Waals surface area contributed by atoms with Gasteiger partial charge in [-0.2, -0.15) is 0 Å². The Morgan fingerprint density at radius 3 is 2.33 bits per heavy atom. The van der Waals surface area contributed by atoms with E-state index < -0.39 is 11.6 Å². The number of rotatable bonds is 1. The molecule has 0 aromatic heterocycles. The van der Waals surface area contributed by atoms with Crippen LogP contribution in [0.25, 0.3) is 0 Å². The van der Waals surface area contributed by atoms with Gasteiger partial charge in [-0.15, -0.1) is 0 Å². The largest absolute Gasteiger partial charge is 0.326 e. The maximum absolute atomic E-state index is 12.4. The SMILES string of the molecule is CC(=O)Nc1cc(F)[c]c(F)c1. The molecule has 0 spiro atoms. The zero-order valence-electron chi connectivity index (χ0n) is 6.32. The van der Waals surface area contributed by atoms with Crippen molar-refractivity contribution in [3.8, 4) is 0 Å². The van der Waals surface area contributed by atoms with Gasteiger partial charge in [0.25, 0.3) is 0 Å². The first-order chi connectivity index (χ1) is 5.58. The summed E-state index contributed by atoms with van der Waals surface area (Å²) in [4.78, 5) is 10.5. The predicted molar refractivity (Wildman–Crippen MR) is 39.5 cm³/mol. The maximum atomic E-state index is 12.4. The maximum Gasteiger partial charge on any atom is 0.221 e. The molecule has 63 valence electrons. The van der Waals surface area contributed by atoms with Crippen LogP contribution in [0.15, 0.2) is 12.1 Å². The highest BCUT2D eigenvalue weighted by Gasteiger charge is 2.01. The minimum Gasteiger partial charge on any atom is -0.326 e. The lowest BCUT2D eigenvalue weighted by Gasteiger charge is -2.00. The van der Waals surface area contributed by atoms with Gasteiger partial charge in [0.2, 0.25) is 5.91 Å². The quantitative estimate of drug-likeness (QED) is 0.683. The number of anilines is 1. The van der Waals surface area contributed by atoms with E-state index in [9.17, 15) is 13.6 Å². The smallest absolute Gasteiger partial charge is 0.221 e. The first-order valence-electron chi connectivity index (χ1n) is 3.24. The van der Waals surface area contributed by atoms with Gasteiger partial charge in [0.1, 0.15) is 11.6 Å². The number of carbonyl (C=O) groups is 1. The van der Waals surface area contributed by atoms with E-state index in [1.807, 2.05) is 0 Å². The Hall–Kier alpha value is -1.45. The van der Waals surface area contributed by atoms with E-state index in [1.54, 1.807) is 6.07 Å². The summed E-state index contributed by atoms with van der Waals surface area (Å²) < 4.78 is 24.9. The lowest BCUT2D eigenvalue weighted by Crippen LogP contribution is -2.06. The second kappa shape index (κ2) is 3.30. The molecule has 0 aliphatic carbocycles. The number of halogens is 2. The van der Waals surface area contributed by atoms with Crippen LogP contribution >= 0.6 is 0 Å². The van der Waals surface area contributed by atoms with E-state index in [4.69, 9.17) is 0 Å². The van der Waals surface area contributed by atoms with Crippen LogP contribution in [0.2, 0.25) is 0 Å². The van der Waals surface area contributed by atoms with Crippen molar-refractivity contribution in [2.45, 2.75) is 6.92 Å². The van der Waals surface area contributed by atoms with Crippen molar-refractivity contribution >= 4 is 11.6 Å². The molecule has 1 aromatic carbocycles. The third kappa shape index (κ3) is 2.30. The third-order valence-electron chi connectivity index (χ3n) is 1.12. The van der Waals surface area contributed by atoms with E-state index >= 15 is 0 Å². The Bertz CT molecular complexity index is 292. The minimum atomic E-state index is -0.834. The normalized spacial score (nSPS) is 9.58. The molecule has 0 aliphatic rings. The lowest BCUT2D eigenvalue weighted by molar-refractivity contribution is -0.114. The molecule has 0 aliphatic heterocycles. The molecule has 0 saturated heterocycles. The molecule has 1 N–H and O–H groups in total. The number of hydrogen-bond acceptors (Lipinski definition) is 1. The van der Waals surface area contributed by atoms with Crippen molar-refractivity contribution in [3.05, 3.63) is 29.8 Å². The fraction of sp³-hybridized carbons (Fsp3) is 0.125. The highest BCUT2D eigenvalue weighted by atomic mass is 19.1. The lowest BCUT2D eigenvalue weighted by atomic mass is 10.3. The monoisotopic (exact) mass is 170 g/mol. The van der Waals surface area contributed by atoms with Gasteiger partial charge in [-0.05, 0) is 12.1 Å². The molecular formula is C8H6F2NO. The average molecular weight is 170 g/mol. The van der Waals surface area contributed by atoms with Gasteiger partial charge in [-0.3, -0.25) is 4.79 Å². The molecule has 4 heteroatoms. The highest BCUT2D eigenvalue weighted by Crippen LogP contribution is 2.11. The summed E-state index contributed by atoms with van der Waals surface area (Å²) >= 11 is 0.